The van der Waals surface area contributed by atoms with Crippen molar-refractivity contribution in [2.45, 2.75) is 38.6 Å². The molecule has 1 atom stereocenters. The molecule has 1 N–H and O–H groups in total. The highest BCUT2D eigenvalue weighted by atomic mass is 16.5. The van der Waals surface area contributed by atoms with E-state index in [2.05, 4.69) is 25.6 Å². The first-order chi connectivity index (χ1) is 12.2. The molecule has 0 radical (unpaired) electrons. The van der Waals surface area contributed by atoms with Crippen molar-refractivity contribution in [2.75, 3.05) is 26.8 Å². The van der Waals surface area contributed by atoms with Gasteiger partial charge in [-0.25, -0.2) is 4.79 Å². The quantitative estimate of drug-likeness (QED) is 0.820. The number of nitrogens with one attached hydrogen (secondary N) is 1. The second kappa shape index (κ2) is 8.06. The number of piperidine rings is 1. The lowest BCUT2D eigenvalue weighted by Crippen LogP contribution is -2.45. The fourth-order valence-electron chi connectivity index (χ4n) is 2.77. The molecule has 136 valence electrons. The van der Waals surface area contributed by atoms with E-state index in [9.17, 15) is 4.79 Å². The van der Waals surface area contributed by atoms with Crippen LogP contribution in [-0.2, 0) is 17.7 Å². The first kappa shape index (κ1) is 17.3. The Morgan fingerprint density at radius 3 is 3.00 bits per heavy atom. The summed E-state index contributed by atoms with van der Waals surface area (Å²) in [6, 6.07) is -0.159. The van der Waals surface area contributed by atoms with Gasteiger partial charge in [0.2, 0.25) is 11.8 Å². The number of hydrogen-bond acceptors (Lipinski definition) is 8. The van der Waals surface area contributed by atoms with Gasteiger partial charge in [0.05, 0.1) is 19.6 Å². The molecule has 0 spiro atoms. The van der Waals surface area contributed by atoms with Crippen LogP contribution in [0.2, 0.25) is 0 Å². The first-order valence-corrected chi connectivity index (χ1v) is 8.29. The molecule has 3 heterocycles. The van der Waals surface area contributed by atoms with Gasteiger partial charge >= 0.3 is 6.03 Å². The Labute approximate surface area is 144 Å². The average Bonchev–Trinajstić information content (AvgIpc) is 3.27. The second-order valence-corrected chi connectivity index (χ2v) is 5.96. The minimum atomic E-state index is -0.159. The van der Waals surface area contributed by atoms with Crippen LogP contribution in [0.1, 0.15) is 42.2 Å². The Hall–Kier alpha value is -2.49. The molecule has 2 aromatic heterocycles. The average molecular weight is 350 g/mol. The molecular formula is C15H22N6O4. The van der Waals surface area contributed by atoms with E-state index >= 15 is 0 Å². The molecule has 10 heteroatoms. The highest BCUT2D eigenvalue weighted by Gasteiger charge is 2.27. The van der Waals surface area contributed by atoms with E-state index in [0.717, 1.165) is 12.8 Å². The number of methoxy groups -OCH3 is 1. The van der Waals surface area contributed by atoms with Gasteiger partial charge in [-0.15, -0.1) is 0 Å². The van der Waals surface area contributed by atoms with Gasteiger partial charge in [0.15, 0.2) is 11.6 Å². The predicted molar refractivity (Wildman–Crippen MR) is 84.7 cm³/mol. The zero-order valence-electron chi connectivity index (χ0n) is 14.4. The molecule has 10 nitrogen and oxygen atoms in total. The van der Waals surface area contributed by atoms with E-state index in [4.69, 9.17) is 13.8 Å². The number of aryl methyl sites for hydroxylation is 1. The standard InChI is InChI=1S/C15H22N6O4/c1-10-17-14(20-24-10)11-4-3-6-21(9-11)15(22)16-8-12-18-13(25-19-12)5-7-23-2/h11H,3-9H2,1-2H3,(H,16,22)/t11-/m0/s1. The second-order valence-electron chi connectivity index (χ2n) is 5.96. The van der Waals surface area contributed by atoms with Crippen LogP contribution in [0.15, 0.2) is 9.05 Å². The van der Waals surface area contributed by atoms with E-state index < -0.39 is 0 Å². The van der Waals surface area contributed by atoms with Crippen molar-refractivity contribution in [1.82, 2.24) is 30.5 Å². The van der Waals surface area contributed by atoms with Crippen molar-refractivity contribution in [3.05, 3.63) is 23.4 Å². The number of nitrogens with zero attached hydrogens (tertiary/aromatic N) is 5. The third kappa shape index (κ3) is 4.53. The molecule has 1 aliphatic rings. The number of amides is 2. The maximum atomic E-state index is 12.4. The number of rotatable bonds is 6. The van der Waals surface area contributed by atoms with E-state index in [0.29, 0.717) is 49.5 Å². The molecule has 1 saturated heterocycles. The largest absolute Gasteiger partial charge is 0.384 e. The predicted octanol–water partition coefficient (Wildman–Crippen LogP) is 1.04. The number of hydrogen-bond donors (Lipinski definition) is 1. The molecule has 3 rings (SSSR count). The van der Waals surface area contributed by atoms with Crippen molar-refractivity contribution in [2.24, 2.45) is 0 Å². The normalized spacial score (nSPS) is 17.7. The molecule has 1 aliphatic heterocycles. The lowest BCUT2D eigenvalue weighted by molar-refractivity contribution is 0.177. The van der Waals surface area contributed by atoms with Crippen LogP contribution in [0.4, 0.5) is 4.79 Å². The number of urea groups is 1. The van der Waals surface area contributed by atoms with Crippen LogP contribution in [-0.4, -0.2) is 58.0 Å². The van der Waals surface area contributed by atoms with Crippen LogP contribution in [0.5, 0.6) is 0 Å². The summed E-state index contributed by atoms with van der Waals surface area (Å²) in [5.74, 6) is 2.25. The number of aromatic nitrogens is 4. The topological polar surface area (TPSA) is 119 Å². The Morgan fingerprint density at radius 2 is 2.24 bits per heavy atom. The summed E-state index contributed by atoms with van der Waals surface area (Å²) in [5, 5.41) is 10.6. The van der Waals surface area contributed by atoms with Gasteiger partial charge in [-0.3, -0.25) is 0 Å². The summed E-state index contributed by atoms with van der Waals surface area (Å²) in [6.07, 6.45) is 2.39. The SMILES string of the molecule is COCCc1nc(CNC(=O)N2CCC[C@H](c3noc(C)n3)C2)no1. The molecular weight excluding hydrogens is 328 g/mol. The zero-order chi connectivity index (χ0) is 17.6. The minimum Gasteiger partial charge on any atom is -0.384 e. The van der Waals surface area contributed by atoms with Gasteiger partial charge < -0.3 is 24.0 Å². The Balaban J connectivity index is 1.50. The Bertz CT molecular complexity index is 700. The van der Waals surface area contributed by atoms with E-state index in [1.165, 1.54) is 0 Å². The summed E-state index contributed by atoms with van der Waals surface area (Å²) in [6.45, 7) is 3.76. The van der Waals surface area contributed by atoms with E-state index in [1.807, 2.05) is 0 Å². The van der Waals surface area contributed by atoms with Crippen molar-refractivity contribution in [3.8, 4) is 0 Å². The molecule has 0 unspecified atom stereocenters. The maximum Gasteiger partial charge on any atom is 0.317 e. The summed E-state index contributed by atoms with van der Waals surface area (Å²) in [4.78, 5) is 22.6. The molecule has 25 heavy (non-hydrogen) atoms. The molecule has 2 aromatic rings. The highest BCUT2D eigenvalue weighted by Crippen LogP contribution is 2.24. The number of carbonyl (C=O) groups is 1. The van der Waals surface area contributed by atoms with Gasteiger partial charge in [-0.2, -0.15) is 9.97 Å². The molecule has 0 bridgehead atoms. The smallest absolute Gasteiger partial charge is 0.317 e. The number of likely N-dealkylation sites (tertiary alicyclic amines) is 1. The van der Waals surface area contributed by atoms with Crippen molar-refractivity contribution < 1.29 is 18.6 Å². The van der Waals surface area contributed by atoms with Crippen LogP contribution < -0.4 is 5.32 Å². The summed E-state index contributed by atoms with van der Waals surface area (Å²) < 4.78 is 15.1. The number of ether oxygens (including phenoxy) is 1. The fourth-order valence-corrected chi connectivity index (χ4v) is 2.77. The molecule has 0 saturated carbocycles. The fraction of sp³-hybridized carbons (Fsp3) is 0.667. The summed E-state index contributed by atoms with van der Waals surface area (Å²) in [7, 11) is 1.61. The lowest BCUT2D eigenvalue weighted by atomic mass is 9.98. The molecule has 1 fully saturated rings. The molecule has 0 aliphatic carbocycles. The van der Waals surface area contributed by atoms with Crippen LogP contribution >= 0.6 is 0 Å². The van der Waals surface area contributed by atoms with Crippen LogP contribution in [0.3, 0.4) is 0 Å². The highest BCUT2D eigenvalue weighted by molar-refractivity contribution is 5.74. The monoisotopic (exact) mass is 350 g/mol. The van der Waals surface area contributed by atoms with Crippen molar-refractivity contribution >= 4 is 6.03 Å². The maximum absolute atomic E-state index is 12.4. The third-order valence-corrected chi connectivity index (χ3v) is 4.04. The van der Waals surface area contributed by atoms with E-state index in [1.54, 1.807) is 18.9 Å². The van der Waals surface area contributed by atoms with Crippen LogP contribution in [0, 0.1) is 6.92 Å². The van der Waals surface area contributed by atoms with Gasteiger partial charge in [-0.05, 0) is 12.8 Å². The van der Waals surface area contributed by atoms with Gasteiger partial charge in [0.1, 0.15) is 0 Å². The first-order valence-electron chi connectivity index (χ1n) is 8.29. The van der Waals surface area contributed by atoms with Gasteiger partial charge in [-0.1, -0.05) is 10.3 Å². The van der Waals surface area contributed by atoms with Crippen LogP contribution in [0.25, 0.3) is 0 Å². The molecule has 2 amide bonds. The van der Waals surface area contributed by atoms with Gasteiger partial charge in [0.25, 0.3) is 0 Å². The lowest BCUT2D eigenvalue weighted by Gasteiger charge is -2.31. The third-order valence-electron chi connectivity index (χ3n) is 4.04. The van der Waals surface area contributed by atoms with E-state index in [-0.39, 0.29) is 18.5 Å². The Morgan fingerprint density at radius 1 is 1.36 bits per heavy atom. The molecule has 0 aromatic carbocycles. The zero-order valence-corrected chi connectivity index (χ0v) is 14.4. The summed E-state index contributed by atoms with van der Waals surface area (Å²) >= 11 is 0. The van der Waals surface area contributed by atoms with Crippen molar-refractivity contribution in [3.63, 3.8) is 0 Å². The summed E-state index contributed by atoms with van der Waals surface area (Å²) in [5.41, 5.74) is 0. The Kier molecular flexibility index (Phi) is 5.59. The van der Waals surface area contributed by atoms with Gasteiger partial charge in [0, 0.05) is 33.0 Å². The number of carbonyl (C=O) groups excluding carboxylic acids is 1. The van der Waals surface area contributed by atoms with Crippen molar-refractivity contribution in [1.29, 1.82) is 0 Å². The minimum absolute atomic E-state index is 0.0998.